The van der Waals surface area contributed by atoms with E-state index in [1.807, 2.05) is 0 Å². The van der Waals surface area contributed by atoms with Gasteiger partial charge in [-0.2, -0.15) is 0 Å². The van der Waals surface area contributed by atoms with Crippen molar-refractivity contribution in [1.29, 1.82) is 0 Å². The van der Waals surface area contributed by atoms with Gasteiger partial charge in [0.25, 0.3) is 5.91 Å². The van der Waals surface area contributed by atoms with Crippen molar-refractivity contribution in [2.24, 2.45) is 0 Å². The fourth-order valence-electron chi connectivity index (χ4n) is 2.04. The normalized spacial score (nSPS) is 16.4. The third kappa shape index (κ3) is 2.35. The first-order valence-electron chi connectivity index (χ1n) is 5.43. The Hall–Kier alpha value is -1.09. The molecular formula is C12H13ClFNO. The number of benzene rings is 1. The van der Waals surface area contributed by atoms with E-state index in [0.29, 0.717) is 0 Å². The first kappa shape index (κ1) is 11.4. The maximum absolute atomic E-state index is 13.4. The van der Waals surface area contributed by atoms with E-state index in [1.165, 1.54) is 18.2 Å². The van der Waals surface area contributed by atoms with Gasteiger partial charge < -0.3 is 5.32 Å². The van der Waals surface area contributed by atoms with Crippen LogP contribution in [0.4, 0.5) is 4.39 Å². The number of halogens is 2. The zero-order chi connectivity index (χ0) is 11.5. The van der Waals surface area contributed by atoms with Crippen molar-refractivity contribution >= 4 is 17.5 Å². The van der Waals surface area contributed by atoms with E-state index in [4.69, 9.17) is 11.6 Å². The minimum absolute atomic E-state index is 0.0453. The van der Waals surface area contributed by atoms with Gasteiger partial charge in [-0.3, -0.25) is 4.79 Å². The SMILES string of the molecule is O=C(NC1CCCC1)c1c(F)cccc1Cl. The predicted octanol–water partition coefficient (Wildman–Crippen LogP) is 3.15. The Morgan fingerprint density at radius 1 is 1.38 bits per heavy atom. The molecule has 0 spiro atoms. The summed E-state index contributed by atoms with van der Waals surface area (Å²) < 4.78 is 13.4. The van der Waals surface area contributed by atoms with Crippen molar-refractivity contribution in [3.63, 3.8) is 0 Å². The lowest BCUT2D eigenvalue weighted by atomic mass is 10.1. The molecule has 1 aliphatic rings. The number of carbonyl (C=O) groups excluding carboxylic acids is 1. The van der Waals surface area contributed by atoms with Crippen LogP contribution in [0.3, 0.4) is 0 Å². The van der Waals surface area contributed by atoms with Crippen molar-refractivity contribution in [1.82, 2.24) is 5.32 Å². The smallest absolute Gasteiger partial charge is 0.255 e. The van der Waals surface area contributed by atoms with E-state index in [0.717, 1.165) is 25.7 Å². The Morgan fingerprint density at radius 3 is 2.69 bits per heavy atom. The molecule has 1 fully saturated rings. The highest BCUT2D eigenvalue weighted by molar-refractivity contribution is 6.33. The number of rotatable bonds is 2. The zero-order valence-electron chi connectivity index (χ0n) is 8.80. The third-order valence-electron chi connectivity index (χ3n) is 2.88. The lowest BCUT2D eigenvalue weighted by Crippen LogP contribution is -2.33. The summed E-state index contributed by atoms with van der Waals surface area (Å²) in [6.07, 6.45) is 4.18. The summed E-state index contributed by atoms with van der Waals surface area (Å²) in [6, 6.07) is 4.43. The zero-order valence-corrected chi connectivity index (χ0v) is 9.56. The molecular weight excluding hydrogens is 229 g/mol. The molecule has 1 N–H and O–H groups in total. The highest BCUT2D eigenvalue weighted by Gasteiger charge is 2.21. The fraction of sp³-hybridized carbons (Fsp3) is 0.417. The number of nitrogens with one attached hydrogen (secondary N) is 1. The maximum Gasteiger partial charge on any atom is 0.255 e. The predicted molar refractivity (Wildman–Crippen MR) is 61.1 cm³/mol. The highest BCUT2D eigenvalue weighted by Crippen LogP contribution is 2.21. The molecule has 2 rings (SSSR count). The molecule has 86 valence electrons. The van der Waals surface area contributed by atoms with E-state index in [9.17, 15) is 9.18 Å². The lowest BCUT2D eigenvalue weighted by molar-refractivity contribution is 0.0934. The molecule has 1 saturated carbocycles. The highest BCUT2D eigenvalue weighted by atomic mass is 35.5. The molecule has 0 bridgehead atoms. The van der Waals surface area contributed by atoms with Gasteiger partial charge in [0, 0.05) is 6.04 Å². The maximum atomic E-state index is 13.4. The Morgan fingerprint density at radius 2 is 2.06 bits per heavy atom. The number of amides is 1. The summed E-state index contributed by atoms with van der Waals surface area (Å²) in [6.45, 7) is 0. The molecule has 4 heteroatoms. The van der Waals surface area contributed by atoms with Crippen LogP contribution in [0.15, 0.2) is 18.2 Å². The number of hydrogen-bond acceptors (Lipinski definition) is 1. The van der Waals surface area contributed by atoms with Crippen molar-refractivity contribution in [3.8, 4) is 0 Å². The largest absolute Gasteiger partial charge is 0.349 e. The van der Waals surface area contributed by atoms with Gasteiger partial charge in [-0.15, -0.1) is 0 Å². The van der Waals surface area contributed by atoms with E-state index in [1.54, 1.807) is 0 Å². The fourth-order valence-corrected chi connectivity index (χ4v) is 2.29. The van der Waals surface area contributed by atoms with Gasteiger partial charge in [-0.25, -0.2) is 4.39 Å². The molecule has 1 aromatic carbocycles. The summed E-state index contributed by atoms with van der Waals surface area (Å²) >= 11 is 5.81. The first-order chi connectivity index (χ1) is 7.68. The van der Waals surface area contributed by atoms with Crippen LogP contribution in [-0.4, -0.2) is 11.9 Å². The Bertz CT molecular complexity index is 382. The second-order valence-corrected chi connectivity index (χ2v) is 4.46. The van der Waals surface area contributed by atoms with Crippen LogP contribution in [-0.2, 0) is 0 Å². The second kappa shape index (κ2) is 4.83. The van der Waals surface area contributed by atoms with E-state index in [2.05, 4.69) is 5.32 Å². The molecule has 0 saturated heterocycles. The summed E-state index contributed by atoms with van der Waals surface area (Å²) in [7, 11) is 0. The average Bonchev–Trinajstić information content (AvgIpc) is 2.70. The van der Waals surface area contributed by atoms with Gasteiger partial charge in [-0.1, -0.05) is 30.5 Å². The van der Waals surface area contributed by atoms with Crippen LogP contribution in [0.2, 0.25) is 5.02 Å². The quantitative estimate of drug-likeness (QED) is 0.847. The van der Waals surface area contributed by atoms with Crippen LogP contribution in [0.25, 0.3) is 0 Å². The molecule has 0 radical (unpaired) electrons. The first-order valence-corrected chi connectivity index (χ1v) is 5.81. The molecule has 2 nitrogen and oxygen atoms in total. The van der Waals surface area contributed by atoms with Crippen molar-refractivity contribution in [3.05, 3.63) is 34.6 Å². The topological polar surface area (TPSA) is 29.1 Å². The molecule has 1 amide bonds. The van der Waals surface area contributed by atoms with Crippen molar-refractivity contribution in [2.45, 2.75) is 31.7 Å². The van der Waals surface area contributed by atoms with Gasteiger partial charge in [0.05, 0.1) is 10.6 Å². The van der Waals surface area contributed by atoms with E-state index >= 15 is 0 Å². The van der Waals surface area contributed by atoms with Crippen molar-refractivity contribution in [2.75, 3.05) is 0 Å². The molecule has 0 unspecified atom stereocenters. The third-order valence-corrected chi connectivity index (χ3v) is 3.20. The number of carbonyl (C=O) groups is 1. The summed E-state index contributed by atoms with van der Waals surface area (Å²) in [5.41, 5.74) is -0.0453. The minimum atomic E-state index is -0.567. The molecule has 0 heterocycles. The summed E-state index contributed by atoms with van der Waals surface area (Å²) in [4.78, 5) is 11.8. The molecule has 1 aliphatic carbocycles. The minimum Gasteiger partial charge on any atom is -0.349 e. The summed E-state index contributed by atoms with van der Waals surface area (Å²) in [5.74, 6) is -0.974. The van der Waals surface area contributed by atoms with Crippen molar-refractivity contribution < 1.29 is 9.18 Å². The lowest BCUT2D eigenvalue weighted by Gasteiger charge is -2.12. The van der Waals surface area contributed by atoms with E-state index in [-0.39, 0.29) is 16.6 Å². The van der Waals surface area contributed by atoms with Gasteiger partial charge in [0.2, 0.25) is 0 Å². The van der Waals surface area contributed by atoms with Crippen LogP contribution < -0.4 is 5.32 Å². The van der Waals surface area contributed by atoms with Gasteiger partial charge in [0.1, 0.15) is 5.82 Å². The van der Waals surface area contributed by atoms with Crippen LogP contribution >= 0.6 is 11.6 Å². The average molecular weight is 242 g/mol. The molecule has 1 aromatic rings. The van der Waals surface area contributed by atoms with Gasteiger partial charge >= 0.3 is 0 Å². The van der Waals surface area contributed by atoms with Gasteiger partial charge in [-0.05, 0) is 25.0 Å². The second-order valence-electron chi connectivity index (χ2n) is 4.05. The molecule has 0 aromatic heterocycles. The monoisotopic (exact) mass is 241 g/mol. The van der Waals surface area contributed by atoms with Gasteiger partial charge in [0.15, 0.2) is 0 Å². The van der Waals surface area contributed by atoms with E-state index < -0.39 is 11.7 Å². The molecule has 0 atom stereocenters. The van der Waals surface area contributed by atoms with Crippen LogP contribution in [0.1, 0.15) is 36.0 Å². The Kier molecular flexibility index (Phi) is 3.44. The summed E-state index contributed by atoms with van der Waals surface area (Å²) in [5, 5.41) is 2.98. The Balaban J connectivity index is 2.13. The molecule has 16 heavy (non-hydrogen) atoms. The Labute approximate surface area is 98.8 Å². The molecule has 0 aliphatic heterocycles. The van der Waals surface area contributed by atoms with Crippen LogP contribution in [0.5, 0.6) is 0 Å². The van der Waals surface area contributed by atoms with Crippen LogP contribution in [0, 0.1) is 5.82 Å². The standard InChI is InChI=1S/C12H13ClFNO/c13-9-6-3-7-10(14)11(9)12(16)15-8-4-1-2-5-8/h3,6-8H,1-2,4-5H2,(H,15,16). The number of hydrogen-bond donors (Lipinski definition) is 1.